The van der Waals surface area contributed by atoms with Crippen LogP contribution in [-0.2, 0) is 20.4 Å². The minimum absolute atomic E-state index is 0.0439. The van der Waals surface area contributed by atoms with Crippen LogP contribution in [0.5, 0.6) is 5.75 Å². The van der Waals surface area contributed by atoms with E-state index in [1.807, 2.05) is 121 Å². The molecule has 1 atom stereocenters. The van der Waals surface area contributed by atoms with E-state index in [9.17, 15) is 9.90 Å². The fourth-order valence-corrected chi connectivity index (χ4v) is 4.40. The first-order valence-electron chi connectivity index (χ1n) is 11.8. The van der Waals surface area contributed by atoms with Crippen LogP contribution in [0.15, 0.2) is 121 Å². The standard InChI is InChI=1S/C15H11NOS.C15H15NO.Cl2OS/c17-14-13(11-7-3-1-4-8-11)16-18-15(14)12-9-5-2-6-10-12;16-15(13-9-5-2-6-10-13)14(17)11-12-7-3-1-4-8-12;1-4(2)3/h1-10,17H;1-10,15H,11,16H2;. The van der Waals surface area contributed by atoms with Crippen molar-refractivity contribution in [2.75, 3.05) is 0 Å². The number of benzene rings is 4. The molecule has 5 nitrogen and oxygen atoms in total. The first-order chi connectivity index (χ1) is 18.9. The lowest BCUT2D eigenvalue weighted by atomic mass is 9.98. The molecule has 9 heteroatoms. The van der Waals surface area contributed by atoms with E-state index in [0.717, 1.165) is 27.1 Å². The summed E-state index contributed by atoms with van der Waals surface area (Å²) in [6.45, 7) is 0. The Morgan fingerprint density at radius 3 is 1.74 bits per heavy atom. The maximum absolute atomic E-state index is 12.0. The number of carbonyl (C=O) groups is 1. The highest BCUT2D eigenvalue weighted by molar-refractivity contribution is 8.26. The summed E-state index contributed by atoms with van der Waals surface area (Å²) in [4.78, 5) is 12.8. The van der Waals surface area contributed by atoms with Crippen LogP contribution >= 0.6 is 32.9 Å². The van der Waals surface area contributed by atoms with Gasteiger partial charge in [-0.3, -0.25) is 4.79 Å². The summed E-state index contributed by atoms with van der Waals surface area (Å²) in [6, 6.07) is 38.1. The van der Waals surface area contributed by atoms with Crippen molar-refractivity contribution in [1.29, 1.82) is 0 Å². The number of aromatic hydroxyl groups is 1. The Balaban J connectivity index is 0.000000190. The summed E-state index contributed by atoms with van der Waals surface area (Å²) in [5, 5.41) is 10.3. The van der Waals surface area contributed by atoms with Gasteiger partial charge < -0.3 is 10.8 Å². The molecule has 1 heterocycles. The molecule has 0 aliphatic heterocycles. The molecule has 1 aromatic heterocycles. The zero-order chi connectivity index (χ0) is 28.0. The molecule has 5 rings (SSSR count). The summed E-state index contributed by atoms with van der Waals surface area (Å²) in [5.74, 6) is 0.305. The number of nitrogens with zero attached hydrogens (tertiary/aromatic N) is 1. The number of ketones is 1. The predicted molar refractivity (Wildman–Crippen MR) is 163 cm³/mol. The largest absolute Gasteiger partial charge is 0.504 e. The van der Waals surface area contributed by atoms with Gasteiger partial charge in [0, 0.05) is 33.3 Å². The zero-order valence-corrected chi connectivity index (χ0v) is 23.8. The van der Waals surface area contributed by atoms with Crippen molar-refractivity contribution in [2.45, 2.75) is 12.5 Å². The molecule has 0 saturated heterocycles. The number of nitrogens with two attached hydrogens (primary N) is 1. The van der Waals surface area contributed by atoms with E-state index in [1.54, 1.807) is 0 Å². The van der Waals surface area contributed by atoms with E-state index in [2.05, 4.69) is 25.7 Å². The van der Waals surface area contributed by atoms with Crippen LogP contribution in [-0.4, -0.2) is 19.5 Å². The Morgan fingerprint density at radius 1 is 0.795 bits per heavy atom. The minimum atomic E-state index is -1.67. The van der Waals surface area contributed by atoms with Gasteiger partial charge >= 0.3 is 0 Å². The van der Waals surface area contributed by atoms with Crippen LogP contribution in [0.4, 0.5) is 0 Å². The number of rotatable bonds is 6. The molecule has 0 radical (unpaired) electrons. The van der Waals surface area contributed by atoms with Gasteiger partial charge in [-0.05, 0) is 28.2 Å². The van der Waals surface area contributed by atoms with Crippen molar-refractivity contribution in [1.82, 2.24) is 4.37 Å². The third-order valence-corrected chi connectivity index (χ3v) is 6.36. The molecule has 0 spiro atoms. The SMILES string of the molecule is NC(C(=O)Cc1ccccc1)c1ccccc1.O=S(Cl)Cl.Oc1c(-c2ccccc2)nsc1-c1ccccc1. The molecule has 0 saturated carbocycles. The minimum Gasteiger partial charge on any atom is -0.504 e. The number of halogens is 2. The molecule has 5 aromatic rings. The molecule has 0 aliphatic carbocycles. The average Bonchev–Trinajstić information content (AvgIpc) is 3.36. The van der Waals surface area contributed by atoms with Gasteiger partial charge in [0.1, 0.15) is 5.69 Å². The first kappa shape index (κ1) is 30.2. The quantitative estimate of drug-likeness (QED) is 0.196. The highest BCUT2D eigenvalue weighted by Crippen LogP contribution is 2.40. The Morgan fingerprint density at radius 2 is 1.23 bits per heavy atom. The van der Waals surface area contributed by atoms with Crippen LogP contribution in [0, 0.1) is 0 Å². The number of hydrogen-bond donors (Lipinski definition) is 2. The van der Waals surface area contributed by atoms with Crippen LogP contribution in [0.2, 0.25) is 0 Å². The summed E-state index contributed by atoms with van der Waals surface area (Å²) < 4.78 is 13.4. The lowest BCUT2D eigenvalue weighted by Gasteiger charge is -2.10. The molecule has 200 valence electrons. The Bertz CT molecular complexity index is 1390. The van der Waals surface area contributed by atoms with Crippen LogP contribution in [0.1, 0.15) is 17.2 Å². The van der Waals surface area contributed by atoms with Crippen molar-refractivity contribution < 1.29 is 14.1 Å². The van der Waals surface area contributed by atoms with Gasteiger partial charge in [0.05, 0.1) is 10.9 Å². The van der Waals surface area contributed by atoms with Gasteiger partial charge in [0.15, 0.2) is 11.5 Å². The number of carbonyl (C=O) groups excluding carboxylic acids is 1. The maximum atomic E-state index is 12.0. The zero-order valence-electron chi connectivity index (χ0n) is 20.7. The third kappa shape index (κ3) is 9.73. The van der Waals surface area contributed by atoms with Gasteiger partial charge in [-0.25, -0.2) is 4.21 Å². The van der Waals surface area contributed by atoms with Crippen LogP contribution in [0.25, 0.3) is 21.7 Å². The van der Waals surface area contributed by atoms with E-state index in [-0.39, 0.29) is 11.5 Å². The lowest BCUT2D eigenvalue weighted by Crippen LogP contribution is -2.22. The maximum Gasteiger partial charge on any atom is 0.211 e. The van der Waals surface area contributed by atoms with Crippen molar-refractivity contribution in [3.63, 3.8) is 0 Å². The van der Waals surface area contributed by atoms with Gasteiger partial charge in [-0.2, -0.15) is 4.37 Å². The molecule has 4 aromatic carbocycles. The smallest absolute Gasteiger partial charge is 0.211 e. The number of aromatic nitrogens is 1. The summed E-state index contributed by atoms with van der Waals surface area (Å²) in [7, 11) is 7.36. The second-order valence-electron chi connectivity index (χ2n) is 8.14. The van der Waals surface area contributed by atoms with Crippen LogP contribution in [0.3, 0.4) is 0 Å². The Hall–Kier alpha value is -3.33. The molecule has 0 fully saturated rings. The van der Waals surface area contributed by atoms with E-state index >= 15 is 0 Å². The van der Waals surface area contributed by atoms with Crippen molar-refractivity contribution >= 4 is 47.9 Å². The van der Waals surface area contributed by atoms with Gasteiger partial charge in [0.2, 0.25) is 9.23 Å². The first-order valence-corrected chi connectivity index (χ1v) is 15.3. The van der Waals surface area contributed by atoms with Crippen molar-refractivity contribution in [3.05, 3.63) is 132 Å². The van der Waals surface area contributed by atoms with E-state index in [0.29, 0.717) is 12.1 Å². The molecule has 0 amide bonds. The fourth-order valence-electron chi connectivity index (χ4n) is 3.60. The summed E-state index contributed by atoms with van der Waals surface area (Å²) in [6.07, 6.45) is 0.386. The Labute approximate surface area is 243 Å². The van der Waals surface area contributed by atoms with E-state index in [4.69, 9.17) is 9.94 Å². The van der Waals surface area contributed by atoms with Gasteiger partial charge in [-0.15, -0.1) is 0 Å². The molecule has 0 aliphatic rings. The van der Waals surface area contributed by atoms with Crippen molar-refractivity contribution in [2.24, 2.45) is 5.73 Å². The predicted octanol–water partition coefficient (Wildman–Crippen LogP) is 7.72. The number of Topliss-reactive ketones (excluding diaryl/α,β-unsaturated/α-hetero) is 1. The van der Waals surface area contributed by atoms with E-state index in [1.165, 1.54) is 11.5 Å². The number of hydrogen-bond acceptors (Lipinski definition) is 6. The normalized spacial score (nSPS) is 11.0. The molecule has 1 unspecified atom stereocenters. The van der Waals surface area contributed by atoms with E-state index < -0.39 is 15.3 Å². The monoisotopic (exact) mass is 596 g/mol. The van der Waals surface area contributed by atoms with Crippen LogP contribution < -0.4 is 5.73 Å². The highest BCUT2D eigenvalue weighted by Gasteiger charge is 2.16. The molecular formula is C30H26Cl2N2O3S2. The fraction of sp³-hybridized carbons (Fsp3) is 0.0667. The second-order valence-corrected chi connectivity index (χ2v) is 11.4. The van der Waals surface area contributed by atoms with Crippen molar-refractivity contribution in [3.8, 4) is 27.4 Å². The van der Waals surface area contributed by atoms with Gasteiger partial charge in [-0.1, -0.05) is 121 Å². The van der Waals surface area contributed by atoms with Gasteiger partial charge in [0.25, 0.3) is 0 Å². The topological polar surface area (TPSA) is 93.3 Å². The second kappa shape index (κ2) is 15.9. The summed E-state index contributed by atoms with van der Waals surface area (Å²) in [5.41, 5.74) is 10.4. The third-order valence-electron chi connectivity index (χ3n) is 5.48. The molecule has 39 heavy (non-hydrogen) atoms. The average molecular weight is 598 g/mol. The molecule has 3 N–H and O–H groups in total. The summed E-state index contributed by atoms with van der Waals surface area (Å²) >= 11 is 1.32. The Kier molecular flexibility index (Phi) is 12.3. The molecular weight excluding hydrogens is 571 g/mol. The highest BCUT2D eigenvalue weighted by atomic mass is 36.0. The lowest BCUT2D eigenvalue weighted by molar-refractivity contribution is -0.119. The molecule has 0 bridgehead atoms.